The average Bonchev–Trinajstić information content (AvgIpc) is 2.85. The summed E-state index contributed by atoms with van der Waals surface area (Å²) in [7, 11) is 0. The van der Waals surface area contributed by atoms with E-state index >= 15 is 0 Å². The maximum absolute atomic E-state index is 13.6. The van der Waals surface area contributed by atoms with Crippen molar-refractivity contribution >= 4 is 11.8 Å². The Morgan fingerprint density at radius 1 is 1.03 bits per heavy atom. The molecule has 170 valence electrons. The van der Waals surface area contributed by atoms with Crippen LogP contribution in [0.15, 0.2) is 79.1 Å². The van der Waals surface area contributed by atoms with Crippen molar-refractivity contribution in [2.24, 2.45) is 5.41 Å². The monoisotopic (exact) mass is 441 g/mol. The van der Waals surface area contributed by atoms with E-state index in [9.17, 15) is 9.59 Å². The molecule has 5 nitrogen and oxygen atoms in total. The van der Waals surface area contributed by atoms with Gasteiger partial charge in [0.1, 0.15) is 0 Å². The molecule has 2 amide bonds. The number of hydrogen-bond acceptors (Lipinski definition) is 3. The van der Waals surface area contributed by atoms with Crippen LogP contribution in [0.1, 0.15) is 42.6 Å². The summed E-state index contributed by atoms with van der Waals surface area (Å²) in [6, 6.07) is 22.1. The summed E-state index contributed by atoms with van der Waals surface area (Å²) in [6.45, 7) is 4.99. The summed E-state index contributed by atoms with van der Waals surface area (Å²) < 4.78 is 0. The smallest absolute Gasteiger partial charge is 0.255 e. The van der Waals surface area contributed by atoms with Gasteiger partial charge in [0, 0.05) is 31.5 Å². The molecule has 33 heavy (non-hydrogen) atoms. The molecule has 1 aliphatic rings. The van der Waals surface area contributed by atoms with Crippen molar-refractivity contribution in [3.8, 4) is 11.1 Å². The number of carbonyl (C=O) groups excluding carboxylic acids is 2. The van der Waals surface area contributed by atoms with E-state index < -0.39 is 5.41 Å². The summed E-state index contributed by atoms with van der Waals surface area (Å²) in [4.78, 5) is 32.8. The lowest BCUT2D eigenvalue weighted by Gasteiger charge is -2.42. The number of benzene rings is 2. The zero-order valence-corrected chi connectivity index (χ0v) is 19.3. The number of piperidine rings is 1. The van der Waals surface area contributed by atoms with Crippen LogP contribution in [0.25, 0.3) is 11.1 Å². The first-order chi connectivity index (χ1) is 16.0. The second-order valence-corrected chi connectivity index (χ2v) is 9.18. The molecule has 1 N–H and O–H groups in total. The van der Waals surface area contributed by atoms with Crippen LogP contribution in [0, 0.1) is 5.41 Å². The van der Waals surface area contributed by atoms with E-state index in [4.69, 9.17) is 0 Å². The molecule has 3 aromatic rings. The van der Waals surface area contributed by atoms with E-state index in [0.29, 0.717) is 25.1 Å². The van der Waals surface area contributed by atoms with Crippen molar-refractivity contribution in [1.82, 2.24) is 15.2 Å². The average molecular weight is 442 g/mol. The zero-order valence-electron chi connectivity index (χ0n) is 19.3. The predicted molar refractivity (Wildman–Crippen MR) is 131 cm³/mol. The Hall–Kier alpha value is -3.47. The third-order valence-electron chi connectivity index (χ3n) is 6.31. The Bertz CT molecular complexity index is 1100. The van der Waals surface area contributed by atoms with E-state index in [-0.39, 0.29) is 17.9 Å². The molecule has 2 heterocycles. The van der Waals surface area contributed by atoms with Gasteiger partial charge in [-0.1, -0.05) is 54.6 Å². The number of aromatic nitrogens is 1. The number of rotatable bonds is 6. The minimum absolute atomic E-state index is 0.0176. The molecule has 5 heteroatoms. The molecule has 0 saturated carbocycles. The topological polar surface area (TPSA) is 62.3 Å². The Morgan fingerprint density at radius 2 is 1.79 bits per heavy atom. The Balaban J connectivity index is 1.69. The summed E-state index contributed by atoms with van der Waals surface area (Å²) in [5, 5.41) is 3.14. The van der Waals surface area contributed by atoms with Gasteiger partial charge in [-0.2, -0.15) is 0 Å². The van der Waals surface area contributed by atoms with Gasteiger partial charge in [0.15, 0.2) is 0 Å². The van der Waals surface area contributed by atoms with E-state index in [1.807, 2.05) is 49.1 Å². The number of nitrogens with zero attached hydrogens (tertiary/aromatic N) is 2. The maximum atomic E-state index is 13.6. The summed E-state index contributed by atoms with van der Waals surface area (Å²) >= 11 is 0. The highest BCUT2D eigenvalue weighted by atomic mass is 16.2. The second kappa shape index (κ2) is 9.99. The van der Waals surface area contributed by atoms with Crippen LogP contribution in [0.3, 0.4) is 0 Å². The summed E-state index contributed by atoms with van der Waals surface area (Å²) in [5.41, 5.74) is 3.25. The quantitative estimate of drug-likeness (QED) is 0.601. The minimum Gasteiger partial charge on any atom is -0.353 e. The van der Waals surface area contributed by atoms with Gasteiger partial charge in [0.2, 0.25) is 5.91 Å². The molecule has 1 atom stereocenters. The van der Waals surface area contributed by atoms with Gasteiger partial charge in [-0.25, -0.2) is 0 Å². The lowest BCUT2D eigenvalue weighted by atomic mass is 9.73. The van der Waals surface area contributed by atoms with Crippen LogP contribution in [-0.2, 0) is 11.2 Å². The second-order valence-electron chi connectivity index (χ2n) is 9.18. The van der Waals surface area contributed by atoms with Crippen molar-refractivity contribution in [1.29, 1.82) is 0 Å². The van der Waals surface area contributed by atoms with Crippen molar-refractivity contribution < 1.29 is 9.59 Å². The van der Waals surface area contributed by atoms with Crippen molar-refractivity contribution in [2.75, 3.05) is 13.1 Å². The number of pyridine rings is 1. The third kappa shape index (κ3) is 5.14. The fourth-order valence-corrected chi connectivity index (χ4v) is 4.74. The van der Waals surface area contributed by atoms with Crippen LogP contribution in [0.4, 0.5) is 0 Å². The minimum atomic E-state index is -0.689. The van der Waals surface area contributed by atoms with E-state index in [0.717, 1.165) is 29.5 Å². The first-order valence-corrected chi connectivity index (χ1v) is 11.6. The predicted octanol–water partition coefficient (Wildman–Crippen LogP) is 4.74. The van der Waals surface area contributed by atoms with Crippen LogP contribution in [-0.4, -0.2) is 40.8 Å². The van der Waals surface area contributed by atoms with Crippen molar-refractivity contribution in [3.63, 3.8) is 0 Å². The van der Waals surface area contributed by atoms with E-state index in [1.165, 1.54) is 0 Å². The molecule has 1 aromatic heterocycles. The summed E-state index contributed by atoms with van der Waals surface area (Å²) in [6.07, 6.45) is 5.36. The number of likely N-dealkylation sites (tertiary alicyclic amines) is 1. The number of carbonyl (C=O) groups is 2. The fraction of sp³-hybridized carbons (Fsp3) is 0.321. The lowest BCUT2D eigenvalue weighted by Crippen LogP contribution is -2.55. The highest BCUT2D eigenvalue weighted by molar-refractivity contribution is 5.95. The van der Waals surface area contributed by atoms with Gasteiger partial charge in [0.05, 0.1) is 11.0 Å². The molecule has 0 spiro atoms. The molecule has 1 saturated heterocycles. The highest BCUT2D eigenvalue weighted by Gasteiger charge is 2.44. The van der Waals surface area contributed by atoms with Crippen LogP contribution in [0.2, 0.25) is 0 Å². The van der Waals surface area contributed by atoms with Gasteiger partial charge in [-0.3, -0.25) is 14.6 Å². The van der Waals surface area contributed by atoms with Crippen molar-refractivity contribution in [2.45, 2.75) is 39.2 Å². The highest BCUT2D eigenvalue weighted by Crippen LogP contribution is 2.37. The Kier molecular flexibility index (Phi) is 6.87. The van der Waals surface area contributed by atoms with Gasteiger partial charge < -0.3 is 10.2 Å². The lowest BCUT2D eigenvalue weighted by molar-refractivity contribution is -0.134. The molecule has 0 radical (unpaired) electrons. The van der Waals surface area contributed by atoms with E-state index in [2.05, 4.69) is 34.6 Å². The largest absolute Gasteiger partial charge is 0.353 e. The maximum Gasteiger partial charge on any atom is 0.255 e. The number of hydrogen-bond donors (Lipinski definition) is 1. The normalized spacial score (nSPS) is 18.2. The third-order valence-corrected chi connectivity index (χ3v) is 6.31. The Morgan fingerprint density at radius 3 is 2.52 bits per heavy atom. The number of nitrogens with one attached hydrogen (secondary N) is 1. The Labute approximate surface area is 195 Å². The molecular formula is C28H31N3O2. The summed E-state index contributed by atoms with van der Waals surface area (Å²) in [5.74, 6) is -0.0510. The zero-order chi connectivity index (χ0) is 23.3. The molecule has 2 aromatic carbocycles. The van der Waals surface area contributed by atoms with Gasteiger partial charge in [-0.15, -0.1) is 0 Å². The van der Waals surface area contributed by atoms with Crippen molar-refractivity contribution in [3.05, 3.63) is 90.3 Å². The van der Waals surface area contributed by atoms with Crippen LogP contribution < -0.4 is 5.32 Å². The first kappa shape index (κ1) is 22.7. The van der Waals surface area contributed by atoms with Gasteiger partial charge >= 0.3 is 0 Å². The van der Waals surface area contributed by atoms with Gasteiger partial charge in [0.25, 0.3) is 5.91 Å². The van der Waals surface area contributed by atoms with E-state index in [1.54, 1.807) is 24.5 Å². The number of amides is 2. The van der Waals surface area contributed by atoms with Crippen LogP contribution >= 0.6 is 0 Å². The molecule has 0 aliphatic carbocycles. The molecule has 1 aliphatic heterocycles. The molecule has 0 bridgehead atoms. The SMILES string of the molecule is CC(C)NC(=O)[C@]1(Cc2ccccc2-c2ccccc2)CCCN(C(=O)c2cccnc2)C1. The standard InChI is InChI=1S/C28H31N3O2/c1-21(2)30-27(33)28(15-9-17-31(20-28)26(32)24-13-8-16-29-19-24)18-23-12-6-7-14-25(23)22-10-4-3-5-11-22/h3-8,10-14,16,19,21H,9,15,17-18,20H2,1-2H3,(H,30,33)/t28-/m0/s1. The first-order valence-electron chi connectivity index (χ1n) is 11.6. The fourth-order valence-electron chi connectivity index (χ4n) is 4.74. The molecule has 1 fully saturated rings. The van der Waals surface area contributed by atoms with Gasteiger partial charge in [-0.05, 0) is 61.9 Å². The molecule has 0 unspecified atom stereocenters. The van der Waals surface area contributed by atoms with Crippen LogP contribution in [0.5, 0.6) is 0 Å². The molecular weight excluding hydrogens is 410 g/mol. The molecule has 4 rings (SSSR count).